The Morgan fingerprint density at radius 2 is 1.92 bits per heavy atom. The Bertz CT molecular complexity index is 290. The van der Waals surface area contributed by atoms with E-state index in [0.717, 1.165) is 6.92 Å². The van der Waals surface area contributed by atoms with Crippen molar-refractivity contribution in [3.8, 4) is 0 Å². The smallest absolute Gasteiger partial charge is 0.212 e. The normalized spacial score (nSPS) is 22.5. The van der Waals surface area contributed by atoms with Crippen LogP contribution in [-0.2, 0) is 9.05 Å². The third-order valence-corrected chi connectivity index (χ3v) is 3.92. The maximum Gasteiger partial charge on any atom is 0.251 e. The Morgan fingerprint density at radius 1 is 1.46 bits per heavy atom. The molecule has 1 aliphatic rings. The Kier molecular flexibility index (Phi) is 2.62. The lowest BCUT2D eigenvalue weighted by Crippen LogP contribution is -2.48. The molecule has 0 atom stereocenters. The van der Waals surface area contributed by atoms with Gasteiger partial charge in [-0.05, 0) is 19.8 Å². The Labute approximate surface area is 80.7 Å². The molecule has 6 heteroatoms. The monoisotopic (exact) mass is 232 g/mol. The van der Waals surface area contributed by atoms with Gasteiger partial charge < -0.3 is 0 Å². The largest absolute Gasteiger partial charge is 0.251 e. The fourth-order valence-corrected chi connectivity index (χ4v) is 3.47. The van der Waals surface area contributed by atoms with Gasteiger partial charge in [-0.3, -0.25) is 0 Å². The van der Waals surface area contributed by atoms with Gasteiger partial charge in [0.25, 0.3) is 5.92 Å². The van der Waals surface area contributed by atoms with Crippen molar-refractivity contribution in [2.75, 3.05) is 5.75 Å². The topological polar surface area (TPSA) is 34.1 Å². The maximum atomic E-state index is 13.0. The van der Waals surface area contributed by atoms with Crippen LogP contribution in [0.2, 0.25) is 0 Å². The fraction of sp³-hybridized carbons (Fsp3) is 1.00. The van der Waals surface area contributed by atoms with Gasteiger partial charge in [0.05, 0.1) is 5.75 Å². The first-order valence-electron chi connectivity index (χ1n) is 3.96. The molecule has 0 saturated heterocycles. The van der Waals surface area contributed by atoms with Crippen molar-refractivity contribution < 1.29 is 17.2 Å². The highest BCUT2D eigenvalue weighted by molar-refractivity contribution is 8.13. The molecule has 0 radical (unpaired) electrons. The van der Waals surface area contributed by atoms with Crippen LogP contribution < -0.4 is 0 Å². The van der Waals surface area contributed by atoms with Crippen molar-refractivity contribution >= 4 is 19.7 Å². The van der Waals surface area contributed by atoms with Crippen molar-refractivity contribution in [2.24, 2.45) is 5.41 Å². The van der Waals surface area contributed by atoms with E-state index in [2.05, 4.69) is 0 Å². The number of alkyl halides is 2. The molecule has 0 aromatic rings. The molecule has 0 heterocycles. The number of rotatable bonds is 3. The van der Waals surface area contributed by atoms with Gasteiger partial charge in [0.15, 0.2) is 0 Å². The molecule has 1 fully saturated rings. The van der Waals surface area contributed by atoms with Crippen LogP contribution in [0.3, 0.4) is 0 Å². The van der Waals surface area contributed by atoms with Gasteiger partial charge in [-0.1, -0.05) is 6.42 Å². The lowest BCUT2D eigenvalue weighted by molar-refractivity contribution is -0.134. The van der Waals surface area contributed by atoms with Gasteiger partial charge >= 0.3 is 0 Å². The molecular weight excluding hydrogens is 222 g/mol. The summed E-state index contributed by atoms with van der Waals surface area (Å²) in [5, 5.41) is 0. The third kappa shape index (κ3) is 2.31. The summed E-state index contributed by atoms with van der Waals surface area (Å²) in [7, 11) is 1.14. The minimum atomic E-state index is -3.83. The van der Waals surface area contributed by atoms with Crippen LogP contribution in [0.25, 0.3) is 0 Å². The average Bonchev–Trinajstić information content (AvgIpc) is 1.73. The molecular formula is C7H11ClF2O2S. The summed E-state index contributed by atoms with van der Waals surface area (Å²) in [6.07, 6.45) is 1.13. The van der Waals surface area contributed by atoms with Crippen molar-refractivity contribution in [3.05, 3.63) is 0 Å². The lowest BCUT2D eigenvalue weighted by Gasteiger charge is -2.45. The van der Waals surface area contributed by atoms with E-state index in [4.69, 9.17) is 10.7 Å². The molecule has 0 unspecified atom stereocenters. The Hall–Kier alpha value is 0.1000. The van der Waals surface area contributed by atoms with Crippen LogP contribution in [0.4, 0.5) is 8.78 Å². The van der Waals surface area contributed by atoms with Gasteiger partial charge in [-0.2, -0.15) is 0 Å². The van der Waals surface area contributed by atoms with Gasteiger partial charge in [0.1, 0.15) is 0 Å². The first kappa shape index (κ1) is 11.2. The number of hydrogen-bond acceptors (Lipinski definition) is 2. The summed E-state index contributed by atoms with van der Waals surface area (Å²) in [4.78, 5) is 0. The average molecular weight is 233 g/mol. The van der Waals surface area contributed by atoms with Crippen LogP contribution in [0.5, 0.6) is 0 Å². The quantitative estimate of drug-likeness (QED) is 0.701. The van der Waals surface area contributed by atoms with E-state index in [1.165, 1.54) is 0 Å². The van der Waals surface area contributed by atoms with Crippen molar-refractivity contribution in [2.45, 2.75) is 32.1 Å². The SMILES string of the molecule is CC(F)(F)C1(CS(=O)(=O)Cl)CCC1. The molecule has 13 heavy (non-hydrogen) atoms. The van der Waals surface area contributed by atoms with Crippen LogP contribution in [0.15, 0.2) is 0 Å². The summed E-state index contributed by atoms with van der Waals surface area (Å²) in [5.74, 6) is -3.59. The van der Waals surface area contributed by atoms with E-state index in [9.17, 15) is 17.2 Å². The molecule has 0 amide bonds. The predicted molar refractivity (Wildman–Crippen MR) is 46.5 cm³/mol. The molecule has 0 N–H and O–H groups in total. The second-order valence-electron chi connectivity index (χ2n) is 3.71. The Morgan fingerprint density at radius 3 is 2.00 bits per heavy atom. The van der Waals surface area contributed by atoms with Gasteiger partial charge in [-0.25, -0.2) is 17.2 Å². The van der Waals surface area contributed by atoms with Crippen LogP contribution >= 0.6 is 10.7 Å². The summed E-state index contributed by atoms with van der Waals surface area (Å²) >= 11 is 0. The molecule has 0 aromatic carbocycles. The van der Waals surface area contributed by atoms with Gasteiger partial charge in [-0.15, -0.1) is 0 Å². The summed E-state index contributed by atoms with van der Waals surface area (Å²) in [6, 6.07) is 0. The number of halogens is 3. The van der Waals surface area contributed by atoms with E-state index in [1.54, 1.807) is 0 Å². The molecule has 78 valence electrons. The summed E-state index contributed by atoms with van der Waals surface area (Å²) in [6.45, 7) is 0.758. The van der Waals surface area contributed by atoms with Crippen molar-refractivity contribution in [1.29, 1.82) is 0 Å². The predicted octanol–water partition coefficient (Wildman–Crippen LogP) is 2.38. The van der Waals surface area contributed by atoms with Crippen LogP contribution in [0.1, 0.15) is 26.2 Å². The highest BCUT2D eigenvalue weighted by Gasteiger charge is 2.55. The van der Waals surface area contributed by atoms with Crippen LogP contribution in [0, 0.1) is 5.41 Å². The Balaban J connectivity index is 2.84. The van der Waals surface area contributed by atoms with Crippen LogP contribution in [-0.4, -0.2) is 20.1 Å². The summed E-state index contributed by atoms with van der Waals surface area (Å²) < 4.78 is 47.5. The molecule has 0 spiro atoms. The first-order valence-corrected chi connectivity index (χ1v) is 6.44. The molecule has 2 nitrogen and oxygen atoms in total. The molecule has 0 aliphatic heterocycles. The standard InChI is InChI=1S/C7H11ClF2O2S/c1-6(9,10)7(3-2-4-7)5-13(8,11)12/h2-5H2,1H3. The maximum absolute atomic E-state index is 13.0. The third-order valence-electron chi connectivity index (χ3n) is 2.69. The summed E-state index contributed by atoms with van der Waals surface area (Å²) in [5.41, 5.74) is -1.41. The zero-order valence-electron chi connectivity index (χ0n) is 7.19. The molecule has 1 saturated carbocycles. The van der Waals surface area contributed by atoms with E-state index >= 15 is 0 Å². The van der Waals surface area contributed by atoms with E-state index < -0.39 is 26.1 Å². The second-order valence-corrected chi connectivity index (χ2v) is 6.48. The zero-order chi connectivity index (χ0) is 10.3. The molecule has 0 aromatic heterocycles. The van der Waals surface area contributed by atoms with Gasteiger partial charge in [0, 0.05) is 16.1 Å². The second kappa shape index (κ2) is 3.05. The zero-order valence-corrected chi connectivity index (χ0v) is 8.76. The minimum Gasteiger partial charge on any atom is -0.212 e. The highest BCUT2D eigenvalue weighted by atomic mass is 35.7. The molecule has 1 rings (SSSR count). The van der Waals surface area contributed by atoms with E-state index in [1.807, 2.05) is 0 Å². The van der Waals surface area contributed by atoms with Crippen molar-refractivity contribution in [1.82, 2.24) is 0 Å². The van der Waals surface area contributed by atoms with E-state index in [-0.39, 0.29) is 12.8 Å². The first-order chi connectivity index (χ1) is 5.66. The minimum absolute atomic E-state index is 0.239. The molecule has 1 aliphatic carbocycles. The fourth-order valence-electron chi connectivity index (χ4n) is 1.64. The number of hydrogen-bond donors (Lipinski definition) is 0. The lowest BCUT2D eigenvalue weighted by atomic mass is 9.66. The van der Waals surface area contributed by atoms with Gasteiger partial charge in [0.2, 0.25) is 9.05 Å². The van der Waals surface area contributed by atoms with Crippen molar-refractivity contribution in [3.63, 3.8) is 0 Å². The van der Waals surface area contributed by atoms with E-state index in [0.29, 0.717) is 6.42 Å². The highest BCUT2D eigenvalue weighted by Crippen LogP contribution is 2.53. The molecule has 0 bridgehead atoms.